The molecule has 0 fully saturated rings. The Hall–Kier alpha value is -2.50. The number of amides is 1. The fourth-order valence-electron chi connectivity index (χ4n) is 2.01. The van der Waals surface area contributed by atoms with E-state index in [0.717, 1.165) is 6.42 Å². The number of carbonyl (C=O) groups is 1. The van der Waals surface area contributed by atoms with Crippen LogP contribution >= 0.6 is 0 Å². The molecule has 0 radical (unpaired) electrons. The molecule has 1 aromatic heterocycles. The van der Waals surface area contributed by atoms with Crippen LogP contribution in [0.3, 0.4) is 0 Å². The second-order valence-corrected chi connectivity index (χ2v) is 4.46. The second-order valence-electron chi connectivity index (χ2n) is 4.46. The molecule has 0 saturated heterocycles. The number of aryl methyl sites for hydroxylation is 1. The molecule has 1 N–H and O–H groups in total. The van der Waals surface area contributed by atoms with E-state index in [2.05, 4.69) is 10.4 Å². The molecule has 0 atom stereocenters. The Morgan fingerprint density at radius 3 is 2.76 bits per heavy atom. The summed E-state index contributed by atoms with van der Waals surface area (Å²) in [6.45, 7) is 2.74. The van der Waals surface area contributed by atoms with Gasteiger partial charge in [0.25, 0.3) is 5.91 Å². The summed E-state index contributed by atoms with van der Waals surface area (Å²) in [5, 5.41) is 6.98. The van der Waals surface area contributed by atoms with Gasteiger partial charge in [-0.1, -0.05) is 6.92 Å². The fraction of sp³-hybridized carbons (Fsp3) is 0.333. The van der Waals surface area contributed by atoms with E-state index in [4.69, 9.17) is 9.47 Å². The number of nitrogens with zero attached hydrogens (tertiary/aromatic N) is 2. The van der Waals surface area contributed by atoms with E-state index >= 15 is 0 Å². The molecule has 2 rings (SSSR count). The molecular formula is C15H19N3O3. The normalized spacial score (nSPS) is 10.2. The molecule has 0 aliphatic heterocycles. The quantitative estimate of drug-likeness (QED) is 0.887. The maximum absolute atomic E-state index is 12.4. The third-order valence-corrected chi connectivity index (χ3v) is 3.04. The van der Waals surface area contributed by atoms with Crippen LogP contribution in [-0.4, -0.2) is 29.9 Å². The molecule has 1 aromatic carbocycles. The summed E-state index contributed by atoms with van der Waals surface area (Å²) in [6, 6.07) is 6.93. The highest BCUT2D eigenvalue weighted by Crippen LogP contribution is 2.29. The predicted octanol–water partition coefficient (Wildman–Crippen LogP) is 2.56. The van der Waals surface area contributed by atoms with Gasteiger partial charge in [-0.3, -0.25) is 9.48 Å². The molecule has 6 heteroatoms. The SMILES string of the molecule is CCCn1nccc1C(=O)Nc1cc(OC)ccc1OC. The average molecular weight is 289 g/mol. The van der Waals surface area contributed by atoms with Crippen molar-refractivity contribution in [1.82, 2.24) is 9.78 Å². The molecule has 1 amide bonds. The van der Waals surface area contributed by atoms with Crippen LogP contribution in [0.4, 0.5) is 5.69 Å². The summed E-state index contributed by atoms with van der Waals surface area (Å²) in [4.78, 5) is 12.4. The van der Waals surface area contributed by atoms with E-state index in [1.54, 1.807) is 49.4 Å². The number of benzene rings is 1. The first-order chi connectivity index (χ1) is 10.2. The lowest BCUT2D eigenvalue weighted by Crippen LogP contribution is -2.18. The first-order valence-electron chi connectivity index (χ1n) is 6.74. The van der Waals surface area contributed by atoms with Gasteiger partial charge in [-0.25, -0.2) is 0 Å². The zero-order chi connectivity index (χ0) is 15.2. The summed E-state index contributed by atoms with van der Waals surface area (Å²) in [5.41, 5.74) is 1.08. The van der Waals surface area contributed by atoms with Crippen molar-refractivity contribution in [2.45, 2.75) is 19.9 Å². The molecule has 21 heavy (non-hydrogen) atoms. The minimum atomic E-state index is -0.229. The van der Waals surface area contributed by atoms with E-state index in [-0.39, 0.29) is 5.91 Å². The number of hydrogen-bond acceptors (Lipinski definition) is 4. The first-order valence-corrected chi connectivity index (χ1v) is 6.74. The van der Waals surface area contributed by atoms with Crippen molar-refractivity contribution in [2.24, 2.45) is 0 Å². The van der Waals surface area contributed by atoms with Gasteiger partial charge >= 0.3 is 0 Å². The van der Waals surface area contributed by atoms with Crippen molar-refractivity contribution >= 4 is 11.6 Å². The average Bonchev–Trinajstić information content (AvgIpc) is 2.96. The largest absolute Gasteiger partial charge is 0.497 e. The van der Waals surface area contributed by atoms with Crippen molar-refractivity contribution in [3.05, 3.63) is 36.2 Å². The number of carbonyl (C=O) groups excluding carboxylic acids is 1. The third-order valence-electron chi connectivity index (χ3n) is 3.04. The van der Waals surface area contributed by atoms with E-state index in [9.17, 15) is 4.79 Å². The summed E-state index contributed by atoms with van der Waals surface area (Å²) in [5.74, 6) is 0.992. The molecule has 0 unspecified atom stereocenters. The minimum absolute atomic E-state index is 0.229. The molecule has 0 saturated carbocycles. The van der Waals surface area contributed by atoms with Crippen LogP contribution in [-0.2, 0) is 6.54 Å². The van der Waals surface area contributed by atoms with Gasteiger partial charge in [-0.2, -0.15) is 5.10 Å². The van der Waals surface area contributed by atoms with Crippen LogP contribution < -0.4 is 14.8 Å². The van der Waals surface area contributed by atoms with Crippen LogP contribution in [0.2, 0.25) is 0 Å². The first kappa shape index (κ1) is 14.9. The van der Waals surface area contributed by atoms with Gasteiger partial charge in [-0.05, 0) is 24.6 Å². The minimum Gasteiger partial charge on any atom is -0.497 e. The third kappa shape index (κ3) is 3.34. The van der Waals surface area contributed by atoms with E-state index in [1.165, 1.54) is 0 Å². The highest BCUT2D eigenvalue weighted by atomic mass is 16.5. The van der Waals surface area contributed by atoms with E-state index < -0.39 is 0 Å². The van der Waals surface area contributed by atoms with Gasteiger partial charge in [0.1, 0.15) is 17.2 Å². The molecule has 2 aromatic rings. The molecular weight excluding hydrogens is 270 g/mol. The molecule has 112 valence electrons. The Balaban J connectivity index is 2.24. The Kier molecular flexibility index (Phi) is 4.81. The van der Waals surface area contributed by atoms with Gasteiger partial charge in [0.05, 0.1) is 19.9 Å². The van der Waals surface area contributed by atoms with Crippen LogP contribution in [0, 0.1) is 0 Å². The van der Waals surface area contributed by atoms with Gasteiger partial charge in [0.15, 0.2) is 0 Å². The topological polar surface area (TPSA) is 65.4 Å². The van der Waals surface area contributed by atoms with Crippen molar-refractivity contribution in [1.29, 1.82) is 0 Å². The number of hydrogen-bond donors (Lipinski definition) is 1. The van der Waals surface area contributed by atoms with Gasteiger partial charge < -0.3 is 14.8 Å². The van der Waals surface area contributed by atoms with Crippen LogP contribution in [0.15, 0.2) is 30.5 Å². The van der Waals surface area contributed by atoms with Crippen molar-refractivity contribution in [3.63, 3.8) is 0 Å². The molecule has 0 aliphatic rings. The Morgan fingerprint density at radius 2 is 2.10 bits per heavy atom. The molecule has 0 spiro atoms. The number of anilines is 1. The number of nitrogens with one attached hydrogen (secondary N) is 1. The summed E-state index contributed by atoms with van der Waals surface area (Å²) in [7, 11) is 3.13. The van der Waals surface area contributed by atoms with E-state index in [1.807, 2.05) is 6.92 Å². The standard InChI is InChI=1S/C15H19N3O3/c1-4-9-18-13(7-8-16-18)15(19)17-12-10-11(20-2)5-6-14(12)21-3/h5-8,10H,4,9H2,1-3H3,(H,17,19). The lowest BCUT2D eigenvalue weighted by atomic mass is 10.2. The zero-order valence-corrected chi connectivity index (χ0v) is 12.4. The highest BCUT2D eigenvalue weighted by molar-refractivity contribution is 6.04. The van der Waals surface area contributed by atoms with Crippen LogP contribution in [0.25, 0.3) is 0 Å². The predicted molar refractivity (Wildman–Crippen MR) is 80.0 cm³/mol. The second kappa shape index (κ2) is 6.78. The number of rotatable bonds is 6. The van der Waals surface area contributed by atoms with Crippen molar-refractivity contribution < 1.29 is 14.3 Å². The Bertz CT molecular complexity index is 622. The number of aromatic nitrogens is 2. The molecule has 6 nitrogen and oxygen atoms in total. The fourth-order valence-corrected chi connectivity index (χ4v) is 2.01. The summed E-state index contributed by atoms with van der Waals surface area (Å²) in [6.07, 6.45) is 2.53. The molecule has 1 heterocycles. The smallest absolute Gasteiger partial charge is 0.274 e. The lowest BCUT2D eigenvalue weighted by molar-refractivity contribution is 0.101. The monoisotopic (exact) mass is 289 g/mol. The molecule has 0 aliphatic carbocycles. The van der Waals surface area contributed by atoms with Crippen molar-refractivity contribution in [2.75, 3.05) is 19.5 Å². The van der Waals surface area contributed by atoms with Crippen LogP contribution in [0.5, 0.6) is 11.5 Å². The maximum atomic E-state index is 12.4. The molecule has 0 bridgehead atoms. The Morgan fingerprint density at radius 1 is 1.29 bits per heavy atom. The number of ether oxygens (including phenoxy) is 2. The maximum Gasteiger partial charge on any atom is 0.274 e. The number of methoxy groups -OCH3 is 2. The van der Waals surface area contributed by atoms with Gasteiger partial charge in [0, 0.05) is 18.8 Å². The summed E-state index contributed by atoms with van der Waals surface area (Å²) >= 11 is 0. The van der Waals surface area contributed by atoms with Crippen molar-refractivity contribution in [3.8, 4) is 11.5 Å². The Labute approximate surface area is 123 Å². The lowest BCUT2D eigenvalue weighted by Gasteiger charge is -2.12. The summed E-state index contributed by atoms with van der Waals surface area (Å²) < 4.78 is 12.1. The van der Waals surface area contributed by atoms with Gasteiger partial charge in [-0.15, -0.1) is 0 Å². The zero-order valence-electron chi connectivity index (χ0n) is 12.4. The highest BCUT2D eigenvalue weighted by Gasteiger charge is 2.14. The van der Waals surface area contributed by atoms with E-state index in [0.29, 0.717) is 29.4 Å². The van der Waals surface area contributed by atoms with Crippen LogP contribution in [0.1, 0.15) is 23.8 Å². The van der Waals surface area contributed by atoms with Gasteiger partial charge in [0.2, 0.25) is 0 Å².